The van der Waals surface area contributed by atoms with Crippen LogP contribution in [0.4, 0.5) is 0 Å². The Bertz CT molecular complexity index is 321. The molecule has 2 heterocycles. The third-order valence-electron chi connectivity index (χ3n) is 4.73. The molecule has 1 atom stereocenters. The van der Waals surface area contributed by atoms with Crippen molar-refractivity contribution in [2.24, 2.45) is 0 Å². The van der Waals surface area contributed by atoms with Crippen LogP contribution >= 0.6 is 0 Å². The molecule has 1 unspecified atom stereocenters. The van der Waals surface area contributed by atoms with Crippen LogP contribution in [0.2, 0.25) is 0 Å². The summed E-state index contributed by atoms with van der Waals surface area (Å²) >= 11 is 0. The van der Waals surface area contributed by atoms with E-state index < -0.39 is 0 Å². The number of rotatable bonds is 4. The summed E-state index contributed by atoms with van der Waals surface area (Å²) in [4.78, 5) is 17.0. The summed E-state index contributed by atoms with van der Waals surface area (Å²) in [6, 6.07) is 0. The van der Waals surface area contributed by atoms with Gasteiger partial charge in [0.25, 0.3) is 0 Å². The van der Waals surface area contributed by atoms with Crippen LogP contribution in [0.25, 0.3) is 0 Å². The van der Waals surface area contributed by atoms with Crippen LogP contribution in [0.15, 0.2) is 0 Å². The Labute approximate surface area is 110 Å². The molecule has 1 N–H and O–H groups in total. The maximum Gasteiger partial charge on any atom is 0.244 e. The van der Waals surface area contributed by atoms with Crippen LogP contribution in [-0.4, -0.2) is 53.6 Å². The predicted molar refractivity (Wildman–Crippen MR) is 71.2 cm³/mol. The molecule has 2 saturated heterocycles. The highest BCUT2D eigenvalue weighted by Crippen LogP contribution is 2.42. The van der Waals surface area contributed by atoms with Crippen LogP contribution in [0.1, 0.15) is 45.4 Å². The number of amides is 1. The predicted octanol–water partition coefficient (Wildman–Crippen LogP) is 1.17. The summed E-state index contributed by atoms with van der Waals surface area (Å²) in [6.07, 6.45) is 7.42. The van der Waals surface area contributed by atoms with E-state index in [1.807, 2.05) is 0 Å². The van der Waals surface area contributed by atoms with Crippen LogP contribution < -0.4 is 5.32 Å². The third-order valence-corrected chi connectivity index (χ3v) is 4.73. The van der Waals surface area contributed by atoms with Gasteiger partial charge in [-0.2, -0.15) is 0 Å². The summed E-state index contributed by atoms with van der Waals surface area (Å²) < 4.78 is 0. The third kappa shape index (κ3) is 2.16. The van der Waals surface area contributed by atoms with Gasteiger partial charge in [0.15, 0.2) is 0 Å². The number of hydrogen-bond donors (Lipinski definition) is 1. The number of carbonyl (C=O) groups excluding carboxylic acids is 1. The summed E-state index contributed by atoms with van der Waals surface area (Å²) in [5.74, 6) is 0.367. The van der Waals surface area contributed by atoms with Crippen LogP contribution in [0.3, 0.4) is 0 Å². The van der Waals surface area contributed by atoms with Gasteiger partial charge in [-0.05, 0) is 45.2 Å². The van der Waals surface area contributed by atoms with Crippen molar-refractivity contribution in [2.45, 2.75) is 57.2 Å². The van der Waals surface area contributed by atoms with E-state index in [0.29, 0.717) is 5.91 Å². The smallest absolute Gasteiger partial charge is 0.244 e. The van der Waals surface area contributed by atoms with Crippen molar-refractivity contribution in [3.63, 3.8) is 0 Å². The molecule has 1 saturated carbocycles. The molecule has 3 aliphatic rings. The van der Waals surface area contributed by atoms with Gasteiger partial charge in [-0.1, -0.05) is 13.3 Å². The average molecular weight is 251 g/mol. The van der Waals surface area contributed by atoms with Crippen molar-refractivity contribution in [2.75, 3.05) is 26.2 Å². The molecule has 0 aromatic rings. The Morgan fingerprint density at radius 3 is 2.56 bits per heavy atom. The number of carbonyl (C=O) groups is 1. The largest absolute Gasteiger partial charge is 0.324 e. The van der Waals surface area contributed by atoms with Crippen LogP contribution in [0.5, 0.6) is 0 Å². The molecule has 102 valence electrons. The molecule has 0 radical (unpaired) electrons. The SMILES string of the molecule is CCC1NC2(CC2)C(=O)N1CCN1CCCCC1. The lowest BCUT2D eigenvalue weighted by molar-refractivity contribution is -0.131. The molecule has 3 fully saturated rings. The normalized spacial score (nSPS) is 31.3. The summed E-state index contributed by atoms with van der Waals surface area (Å²) in [5.41, 5.74) is -0.136. The van der Waals surface area contributed by atoms with E-state index in [2.05, 4.69) is 22.0 Å². The minimum absolute atomic E-state index is 0.136. The molecular formula is C14H25N3O. The maximum atomic E-state index is 12.4. The van der Waals surface area contributed by atoms with E-state index >= 15 is 0 Å². The monoisotopic (exact) mass is 251 g/mol. The molecule has 1 spiro atoms. The average Bonchev–Trinajstić information content (AvgIpc) is 3.13. The van der Waals surface area contributed by atoms with E-state index in [-0.39, 0.29) is 11.7 Å². The molecule has 3 rings (SSSR count). The first-order valence-electron chi connectivity index (χ1n) is 7.56. The summed E-state index contributed by atoms with van der Waals surface area (Å²) in [7, 11) is 0. The van der Waals surface area contributed by atoms with Crippen LogP contribution in [0, 0.1) is 0 Å². The summed E-state index contributed by atoms with van der Waals surface area (Å²) in [6.45, 7) is 6.57. The summed E-state index contributed by atoms with van der Waals surface area (Å²) in [5, 5.41) is 3.54. The van der Waals surface area contributed by atoms with Crippen LogP contribution in [-0.2, 0) is 4.79 Å². The first-order valence-corrected chi connectivity index (χ1v) is 7.56. The quantitative estimate of drug-likeness (QED) is 0.815. The number of piperidine rings is 1. The molecule has 1 aliphatic carbocycles. The fourth-order valence-electron chi connectivity index (χ4n) is 3.37. The topological polar surface area (TPSA) is 35.6 Å². The Kier molecular flexibility index (Phi) is 3.32. The molecule has 0 bridgehead atoms. The first kappa shape index (κ1) is 12.4. The van der Waals surface area contributed by atoms with Gasteiger partial charge in [-0.15, -0.1) is 0 Å². The number of nitrogens with zero attached hydrogens (tertiary/aromatic N) is 2. The number of likely N-dealkylation sites (tertiary alicyclic amines) is 1. The Balaban J connectivity index is 1.55. The van der Waals surface area contributed by atoms with E-state index in [4.69, 9.17) is 0 Å². The Morgan fingerprint density at radius 1 is 1.22 bits per heavy atom. The minimum atomic E-state index is -0.136. The zero-order valence-corrected chi connectivity index (χ0v) is 11.5. The van der Waals surface area contributed by atoms with E-state index in [9.17, 15) is 4.79 Å². The fraction of sp³-hybridized carbons (Fsp3) is 0.929. The molecule has 4 nitrogen and oxygen atoms in total. The van der Waals surface area contributed by atoms with Crippen molar-refractivity contribution in [3.05, 3.63) is 0 Å². The van der Waals surface area contributed by atoms with E-state index in [1.54, 1.807) is 0 Å². The zero-order chi connectivity index (χ0) is 12.6. The lowest BCUT2D eigenvalue weighted by Crippen LogP contribution is -2.43. The molecule has 0 aromatic heterocycles. The molecule has 1 amide bonds. The Morgan fingerprint density at radius 2 is 1.94 bits per heavy atom. The lowest BCUT2D eigenvalue weighted by atomic mass is 10.1. The van der Waals surface area contributed by atoms with E-state index in [1.165, 1.54) is 32.4 Å². The van der Waals surface area contributed by atoms with Crippen molar-refractivity contribution in [1.82, 2.24) is 15.1 Å². The molecule has 0 aromatic carbocycles. The molecule has 4 heteroatoms. The van der Waals surface area contributed by atoms with E-state index in [0.717, 1.165) is 32.4 Å². The van der Waals surface area contributed by atoms with Gasteiger partial charge in [-0.25, -0.2) is 0 Å². The van der Waals surface area contributed by atoms with Crippen molar-refractivity contribution in [3.8, 4) is 0 Å². The number of hydrogen-bond acceptors (Lipinski definition) is 3. The van der Waals surface area contributed by atoms with Crippen molar-refractivity contribution >= 4 is 5.91 Å². The lowest BCUT2D eigenvalue weighted by Gasteiger charge is -2.30. The van der Waals surface area contributed by atoms with Gasteiger partial charge in [0.1, 0.15) is 0 Å². The standard InChI is InChI=1S/C14H25N3O/c1-2-12-15-14(6-7-14)13(18)17(12)11-10-16-8-4-3-5-9-16/h12,15H,2-11H2,1H3. The Hall–Kier alpha value is -0.610. The molecule has 2 aliphatic heterocycles. The van der Waals surface area contributed by atoms with Gasteiger partial charge in [0.2, 0.25) is 5.91 Å². The second kappa shape index (κ2) is 4.82. The zero-order valence-electron chi connectivity index (χ0n) is 11.5. The first-order chi connectivity index (χ1) is 8.75. The van der Waals surface area contributed by atoms with Gasteiger partial charge in [-0.3, -0.25) is 10.1 Å². The highest BCUT2D eigenvalue weighted by atomic mass is 16.2. The fourth-order valence-corrected chi connectivity index (χ4v) is 3.37. The molecule has 18 heavy (non-hydrogen) atoms. The van der Waals surface area contributed by atoms with Gasteiger partial charge < -0.3 is 9.80 Å². The van der Waals surface area contributed by atoms with Crippen molar-refractivity contribution in [1.29, 1.82) is 0 Å². The highest BCUT2D eigenvalue weighted by molar-refractivity contribution is 5.91. The number of nitrogens with one attached hydrogen (secondary N) is 1. The van der Waals surface area contributed by atoms with Crippen molar-refractivity contribution < 1.29 is 4.79 Å². The van der Waals surface area contributed by atoms with Gasteiger partial charge >= 0.3 is 0 Å². The highest BCUT2D eigenvalue weighted by Gasteiger charge is 2.58. The second-order valence-electron chi connectivity index (χ2n) is 6.05. The van der Waals surface area contributed by atoms with Gasteiger partial charge in [0.05, 0.1) is 11.7 Å². The molecular weight excluding hydrogens is 226 g/mol. The second-order valence-corrected chi connectivity index (χ2v) is 6.05. The van der Waals surface area contributed by atoms with Gasteiger partial charge in [0, 0.05) is 13.1 Å². The minimum Gasteiger partial charge on any atom is -0.324 e. The maximum absolute atomic E-state index is 12.4.